The molecule has 0 radical (unpaired) electrons. The highest BCUT2D eigenvalue weighted by Gasteiger charge is 2.14. The van der Waals surface area contributed by atoms with Gasteiger partial charge in [0, 0.05) is 34.7 Å². The number of benzene rings is 2. The summed E-state index contributed by atoms with van der Waals surface area (Å²) >= 11 is 7.07. The molecule has 0 saturated heterocycles. The minimum absolute atomic E-state index is 0.110. The number of hydrogen-bond donors (Lipinski definition) is 1. The fourth-order valence-electron chi connectivity index (χ4n) is 2.13. The summed E-state index contributed by atoms with van der Waals surface area (Å²) in [6, 6.07) is 9.55. The van der Waals surface area contributed by atoms with E-state index < -0.39 is 16.6 Å². The van der Waals surface area contributed by atoms with Gasteiger partial charge in [-0.1, -0.05) is 29.0 Å². The Morgan fingerprint density at radius 3 is 2.62 bits per heavy atom. The molecule has 7 nitrogen and oxygen atoms in total. The first-order chi connectivity index (χ1) is 12.4. The van der Waals surface area contributed by atoms with E-state index in [-0.39, 0.29) is 27.8 Å². The van der Waals surface area contributed by atoms with Gasteiger partial charge < -0.3 is 0 Å². The van der Waals surface area contributed by atoms with Gasteiger partial charge in [-0.05, 0) is 24.3 Å². The van der Waals surface area contributed by atoms with Gasteiger partial charge in [-0.3, -0.25) is 20.2 Å². The SMILES string of the molecule is O=C(Nc1nnc(Cc2c(F)cccc2Cl)s1)c1ccc([N+](=O)[O-])cc1. The molecule has 3 aromatic rings. The molecule has 0 aliphatic carbocycles. The van der Waals surface area contributed by atoms with Crippen molar-refractivity contribution in [1.82, 2.24) is 10.2 Å². The van der Waals surface area contributed by atoms with E-state index in [1.54, 1.807) is 6.07 Å². The molecule has 0 bridgehead atoms. The van der Waals surface area contributed by atoms with Crippen LogP contribution in [0.4, 0.5) is 15.2 Å². The van der Waals surface area contributed by atoms with E-state index >= 15 is 0 Å². The Labute approximate surface area is 155 Å². The summed E-state index contributed by atoms with van der Waals surface area (Å²) in [4.78, 5) is 22.2. The monoisotopic (exact) mass is 392 g/mol. The van der Waals surface area contributed by atoms with E-state index in [9.17, 15) is 19.3 Å². The normalized spacial score (nSPS) is 10.5. The van der Waals surface area contributed by atoms with E-state index in [1.165, 1.54) is 36.4 Å². The van der Waals surface area contributed by atoms with Gasteiger partial charge in [-0.25, -0.2) is 4.39 Å². The van der Waals surface area contributed by atoms with Crippen LogP contribution >= 0.6 is 22.9 Å². The highest BCUT2D eigenvalue weighted by atomic mass is 35.5. The smallest absolute Gasteiger partial charge is 0.269 e. The van der Waals surface area contributed by atoms with Crippen molar-refractivity contribution in [1.29, 1.82) is 0 Å². The van der Waals surface area contributed by atoms with E-state index in [2.05, 4.69) is 15.5 Å². The Balaban J connectivity index is 1.70. The van der Waals surface area contributed by atoms with Gasteiger partial charge in [-0.2, -0.15) is 0 Å². The molecular formula is C16H10ClFN4O3S. The van der Waals surface area contributed by atoms with E-state index in [1.807, 2.05) is 0 Å². The lowest BCUT2D eigenvalue weighted by atomic mass is 10.1. The lowest BCUT2D eigenvalue weighted by molar-refractivity contribution is -0.384. The van der Waals surface area contributed by atoms with Crippen molar-refractivity contribution < 1.29 is 14.1 Å². The predicted octanol–water partition coefficient (Wildman–Crippen LogP) is 4.08. The van der Waals surface area contributed by atoms with Crippen molar-refractivity contribution in [3.63, 3.8) is 0 Å². The summed E-state index contributed by atoms with van der Waals surface area (Å²) in [6.45, 7) is 0. The van der Waals surface area contributed by atoms with E-state index in [4.69, 9.17) is 11.6 Å². The Hall–Kier alpha value is -2.91. The van der Waals surface area contributed by atoms with Crippen LogP contribution in [-0.2, 0) is 6.42 Å². The van der Waals surface area contributed by atoms with Crippen molar-refractivity contribution in [3.05, 3.63) is 79.6 Å². The summed E-state index contributed by atoms with van der Waals surface area (Å²) < 4.78 is 13.8. The third-order valence-corrected chi connectivity index (χ3v) is 4.61. The fourth-order valence-corrected chi connectivity index (χ4v) is 3.11. The van der Waals surface area contributed by atoms with Gasteiger partial charge in [0.2, 0.25) is 5.13 Å². The highest BCUT2D eigenvalue weighted by Crippen LogP contribution is 2.25. The molecule has 0 saturated carbocycles. The van der Waals surface area contributed by atoms with E-state index in [0.29, 0.717) is 10.6 Å². The first-order valence-electron chi connectivity index (χ1n) is 7.25. The van der Waals surface area contributed by atoms with Crippen LogP contribution in [0.3, 0.4) is 0 Å². The molecule has 1 aromatic heterocycles. The first-order valence-corrected chi connectivity index (χ1v) is 8.44. The summed E-state index contributed by atoms with van der Waals surface area (Å²) in [6.07, 6.45) is 0.149. The molecular weight excluding hydrogens is 383 g/mol. The second-order valence-corrected chi connectivity index (χ2v) is 6.61. The molecule has 10 heteroatoms. The number of anilines is 1. The van der Waals surface area contributed by atoms with Crippen molar-refractivity contribution in [3.8, 4) is 0 Å². The van der Waals surface area contributed by atoms with Gasteiger partial charge in [0.15, 0.2) is 0 Å². The standard InChI is InChI=1S/C16H10ClFN4O3S/c17-12-2-1-3-13(18)11(12)8-14-20-21-16(26-14)19-15(23)9-4-6-10(7-5-9)22(24)25/h1-7H,8H2,(H,19,21,23). The Kier molecular flexibility index (Phi) is 5.19. The van der Waals surface area contributed by atoms with Crippen LogP contribution in [0.25, 0.3) is 0 Å². The van der Waals surface area contributed by atoms with Crippen LogP contribution in [0.2, 0.25) is 5.02 Å². The summed E-state index contributed by atoms with van der Waals surface area (Å²) in [5.41, 5.74) is 0.435. The molecule has 0 atom stereocenters. The molecule has 2 aromatic carbocycles. The Morgan fingerprint density at radius 1 is 1.23 bits per heavy atom. The molecule has 132 valence electrons. The lowest BCUT2D eigenvalue weighted by Gasteiger charge is -2.02. The predicted molar refractivity (Wildman–Crippen MR) is 95.2 cm³/mol. The van der Waals surface area contributed by atoms with Gasteiger partial charge >= 0.3 is 0 Å². The topological polar surface area (TPSA) is 98.0 Å². The average Bonchev–Trinajstić information content (AvgIpc) is 3.05. The maximum absolute atomic E-state index is 13.8. The molecule has 0 spiro atoms. The number of carbonyl (C=O) groups is 1. The zero-order valence-electron chi connectivity index (χ0n) is 13.0. The molecule has 1 N–H and O–H groups in total. The summed E-state index contributed by atoms with van der Waals surface area (Å²) in [5, 5.41) is 21.9. The molecule has 0 unspecified atom stereocenters. The number of nitrogens with one attached hydrogen (secondary N) is 1. The number of nitro benzene ring substituents is 1. The largest absolute Gasteiger partial charge is 0.296 e. The van der Waals surface area contributed by atoms with Crippen LogP contribution in [0.1, 0.15) is 20.9 Å². The number of carbonyl (C=O) groups excluding carboxylic acids is 1. The molecule has 1 heterocycles. The number of halogens is 2. The second kappa shape index (κ2) is 7.54. The van der Waals surface area contributed by atoms with Crippen LogP contribution < -0.4 is 5.32 Å². The minimum atomic E-state index is -0.549. The molecule has 0 fully saturated rings. The van der Waals surface area contributed by atoms with Gasteiger partial charge in [0.25, 0.3) is 11.6 Å². The molecule has 0 aliphatic rings. The van der Waals surface area contributed by atoms with Gasteiger partial charge in [-0.15, -0.1) is 10.2 Å². The summed E-state index contributed by atoms with van der Waals surface area (Å²) in [5.74, 6) is -0.921. The van der Waals surface area contributed by atoms with Crippen molar-refractivity contribution in [2.75, 3.05) is 5.32 Å². The Bertz CT molecular complexity index is 958. The molecule has 1 amide bonds. The number of nitrogens with zero attached hydrogens (tertiary/aromatic N) is 3. The quantitative estimate of drug-likeness (QED) is 0.521. The number of non-ortho nitro benzene ring substituents is 1. The van der Waals surface area contributed by atoms with E-state index in [0.717, 1.165) is 11.3 Å². The number of aromatic nitrogens is 2. The van der Waals surface area contributed by atoms with Crippen molar-refractivity contribution in [2.45, 2.75) is 6.42 Å². The zero-order chi connectivity index (χ0) is 18.7. The number of nitro groups is 1. The minimum Gasteiger partial charge on any atom is -0.296 e. The van der Waals surface area contributed by atoms with Gasteiger partial charge in [0.1, 0.15) is 10.8 Å². The van der Waals surface area contributed by atoms with Crippen LogP contribution in [0.5, 0.6) is 0 Å². The third-order valence-electron chi connectivity index (χ3n) is 3.42. The molecule has 3 rings (SSSR count). The average molecular weight is 393 g/mol. The first kappa shape index (κ1) is 17.9. The van der Waals surface area contributed by atoms with Crippen molar-refractivity contribution in [2.24, 2.45) is 0 Å². The maximum Gasteiger partial charge on any atom is 0.269 e. The third kappa shape index (κ3) is 4.01. The number of amides is 1. The molecule has 0 aliphatic heterocycles. The zero-order valence-corrected chi connectivity index (χ0v) is 14.6. The van der Waals surface area contributed by atoms with Crippen LogP contribution in [0.15, 0.2) is 42.5 Å². The lowest BCUT2D eigenvalue weighted by Crippen LogP contribution is -2.11. The highest BCUT2D eigenvalue weighted by molar-refractivity contribution is 7.15. The number of rotatable bonds is 5. The molecule has 26 heavy (non-hydrogen) atoms. The summed E-state index contributed by atoms with van der Waals surface area (Å²) in [7, 11) is 0. The van der Waals surface area contributed by atoms with Crippen molar-refractivity contribution >= 4 is 39.7 Å². The maximum atomic E-state index is 13.8. The number of hydrogen-bond acceptors (Lipinski definition) is 6. The van der Waals surface area contributed by atoms with Gasteiger partial charge in [0.05, 0.1) is 4.92 Å². The fraction of sp³-hybridized carbons (Fsp3) is 0.0625. The second-order valence-electron chi connectivity index (χ2n) is 5.14. The Morgan fingerprint density at radius 2 is 1.96 bits per heavy atom. The van der Waals surface area contributed by atoms with Crippen LogP contribution in [0, 0.1) is 15.9 Å². The van der Waals surface area contributed by atoms with Crippen LogP contribution in [-0.4, -0.2) is 21.0 Å².